The van der Waals surface area contributed by atoms with Gasteiger partial charge in [0.05, 0.1) is 6.61 Å². The Labute approximate surface area is 117 Å². The Bertz CT molecular complexity index is 599. The van der Waals surface area contributed by atoms with Crippen molar-refractivity contribution >= 4 is 11.6 Å². The molecule has 2 aromatic rings. The number of nitrogens with one attached hydrogen (secondary N) is 1. The predicted molar refractivity (Wildman–Crippen MR) is 77.7 cm³/mol. The Morgan fingerprint density at radius 2 is 2.20 bits per heavy atom. The zero-order chi connectivity index (χ0) is 14.4. The summed E-state index contributed by atoms with van der Waals surface area (Å²) in [5.41, 5.74) is 7.34. The van der Waals surface area contributed by atoms with Crippen molar-refractivity contribution < 1.29 is 9.53 Å². The first-order valence-electron chi connectivity index (χ1n) is 6.40. The van der Waals surface area contributed by atoms with E-state index >= 15 is 0 Å². The van der Waals surface area contributed by atoms with E-state index in [1.807, 2.05) is 31.2 Å². The molecule has 20 heavy (non-hydrogen) atoms. The summed E-state index contributed by atoms with van der Waals surface area (Å²) in [6, 6.07) is 11.3. The average molecular weight is 271 g/mol. The topological polar surface area (TPSA) is 77.2 Å². The van der Waals surface area contributed by atoms with Crippen LogP contribution in [-0.4, -0.2) is 17.5 Å². The Hall–Kier alpha value is -2.56. The number of ether oxygens (including phenoxy) is 1. The molecule has 0 spiro atoms. The molecule has 2 rings (SSSR count). The number of nitrogens with two attached hydrogens (primary N) is 1. The van der Waals surface area contributed by atoms with E-state index in [-0.39, 0.29) is 5.69 Å². The number of hydrogen-bond donors (Lipinski definition) is 2. The number of rotatable bonds is 6. The molecule has 0 saturated carbocycles. The molecule has 0 saturated heterocycles. The lowest BCUT2D eigenvalue weighted by atomic mass is 10.2. The summed E-state index contributed by atoms with van der Waals surface area (Å²) in [6.45, 7) is 3.22. The molecule has 5 heteroatoms. The van der Waals surface area contributed by atoms with Crippen LogP contribution in [0.3, 0.4) is 0 Å². The van der Waals surface area contributed by atoms with Crippen LogP contribution in [0.4, 0.5) is 5.69 Å². The third-order valence-corrected chi connectivity index (χ3v) is 2.72. The summed E-state index contributed by atoms with van der Waals surface area (Å²) in [6.07, 6.45) is 1.55. The Kier molecular flexibility index (Phi) is 4.55. The molecule has 0 aliphatic heterocycles. The van der Waals surface area contributed by atoms with Gasteiger partial charge in [0.15, 0.2) is 0 Å². The second kappa shape index (κ2) is 6.56. The lowest BCUT2D eigenvalue weighted by Gasteiger charge is -2.09. The van der Waals surface area contributed by atoms with Gasteiger partial charge in [0.2, 0.25) is 0 Å². The van der Waals surface area contributed by atoms with E-state index in [0.717, 1.165) is 17.0 Å². The van der Waals surface area contributed by atoms with Crippen LogP contribution in [0.15, 0.2) is 42.6 Å². The summed E-state index contributed by atoms with van der Waals surface area (Å²) < 4.78 is 5.45. The number of benzene rings is 1. The monoisotopic (exact) mass is 271 g/mol. The first-order valence-corrected chi connectivity index (χ1v) is 6.40. The second-order valence-electron chi connectivity index (χ2n) is 4.23. The number of amides is 1. The number of carbonyl (C=O) groups excluding carboxylic acids is 1. The number of primary amides is 1. The smallest absolute Gasteiger partial charge is 0.267 e. The third-order valence-electron chi connectivity index (χ3n) is 2.72. The second-order valence-corrected chi connectivity index (χ2v) is 4.23. The lowest BCUT2D eigenvalue weighted by molar-refractivity contribution is 0.0995. The summed E-state index contributed by atoms with van der Waals surface area (Å²) in [4.78, 5) is 15.0. The molecule has 0 bridgehead atoms. The van der Waals surface area contributed by atoms with Crippen LogP contribution < -0.4 is 15.8 Å². The van der Waals surface area contributed by atoms with E-state index in [0.29, 0.717) is 13.2 Å². The van der Waals surface area contributed by atoms with Crippen LogP contribution >= 0.6 is 0 Å². The highest BCUT2D eigenvalue weighted by atomic mass is 16.5. The molecule has 0 aliphatic rings. The van der Waals surface area contributed by atoms with Gasteiger partial charge in [-0.15, -0.1) is 0 Å². The molecule has 0 atom stereocenters. The maximum absolute atomic E-state index is 11.1. The average Bonchev–Trinajstić information content (AvgIpc) is 2.46. The van der Waals surface area contributed by atoms with Gasteiger partial charge in [-0.05, 0) is 36.8 Å². The minimum absolute atomic E-state index is 0.248. The fraction of sp³-hybridized carbons (Fsp3) is 0.200. The summed E-state index contributed by atoms with van der Waals surface area (Å²) in [5.74, 6) is 0.311. The number of carbonyl (C=O) groups is 1. The van der Waals surface area contributed by atoms with E-state index in [1.165, 1.54) is 0 Å². The van der Waals surface area contributed by atoms with Gasteiger partial charge in [0, 0.05) is 18.4 Å². The Balaban J connectivity index is 2.03. The maximum Gasteiger partial charge on any atom is 0.267 e. The number of hydrogen-bond acceptors (Lipinski definition) is 4. The largest absolute Gasteiger partial charge is 0.494 e. The highest BCUT2D eigenvalue weighted by Crippen LogP contribution is 2.15. The molecule has 0 unspecified atom stereocenters. The number of aromatic nitrogens is 1. The van der Waals surface area contributed by atoms with E-state index in [4.69, 9.17) is 10.5 Å². The molecule has 1 amide bonds. The number of nitrogens with zero attached hydrogens (tertiary/aromatic N) is 1. The predicted octanol–water partition coefficient (Wildman–Crippen LogP) is 2.19. The SMILES string of the molecule is CCOc1cccc(CNc2ccnc(C(N)=O)c2)c1. The minimum Gasteiger partial charge on any atom is -0.494 e. The van der Waals surface area contributed by atoms with Crippen molar-refractivity contribution in [3.63, 3.8) is 0 Å². The third kappa shape index (κ3) is 3.71. The van der Waals surface area contributed by atoms with Crippen molar-refractivity contribution in [3.05, 3.63) is 53.9 Å². The molecular formula is C15H17N3O2. The summed E-state index contributed by atoms with van der Waals surface area (Å²) in [5, 5.41) is 3.22. The van der Waals surface area contributed by atoms with Gasteiger partial charge in [-0.3, -0.25) is 9.78 Å². The molecule has 1 aromatic carbocycles. The van der Waals surface area contributed by atoms with Crippen molar-refractivity contribution in [2.75, 3.05) is 11.9 Å². The molecule has 0 fully saturated rings. The van der Waals surface area contributed by atoms with Crippen LogP contribution in [0.5, 0.6) is 5.75 Å². The van der Waals surface area contributed by atoms with E-state index < -0.39 is 5.91 Å². The first kappa shape index (κ1) is 13.9. The van der Waals surface area contributed by atoms with Crippen molar-refractivity contribution in [3.8, 4) is 5.75 Å². The quantitative estimate of drug-likeness (QED) is 0.844. The van der Waals surface area contributed by atoms with Gasteiger partial charge >= 0.3 is 0 Å². The molecule has 1 aromatic heterocycles. The van der Waals surface area contributed by atoms with Gasteiger partial charge in [-0.25, -0.2) is 0 Å². The van der Waals surface area contributed by atoms with Gasteiger partial charge in [-0.2, -0.15) is 0 Å². The molecule has 3 N–H and O–H groups in total. The normalized spacial score (nSPS) is 10.1. The highest BCUT2D eigenvalue weighted by Gasteiger charge is 2.03. The van der Waals surface area contributed by atoms with Crippen LogP contribution in [0.25, 0.3) is 0 Å². The maximum atomic E-state index is 11.1. The number of anilines is 1. The van der Waals surface area contributed by atoms with Gasteiger partial charge in [0.1, 0.15) is 11.4 Å². The fourth-order valence-electron chi connectivity index (χ4n) is 1.79. The minimum atomic E-state index is -0.535. The van der Waals surface area contributed by atoms with Gasteiger partial charge < -0.3 is 15.8 Å². The highest BCUT2D eigenvalue weighted by molar-refractivity contribution is 5.91. The van der Waals surface area contributed by atoms with Gasteiger partial charge in [-0.1, -0.05) is 12.1 Å². The molecule has 0 aliphatic carbocycles. The molecule has 0 radical (unpaired) electrons. The Morgan fingerprint density at radius 3 is 2.95 bits per heavy atom. The molecular weight excluding hydrogens is 254 g/mol. The van der Waals surface area contributed by atoms with Gasteiger partial charge in [0.25, 0.3) is 5.91 Å². The molecule has 104 valence electrons. The van der Waals surface area contributed by atoms with Crippen molar-refractivity contribution in [1.82, 2.24) is 4.98 Å². The van der Waals surface area contributed by atoms with Crippen LogP contribution in [0.2, 0.25) is 0 Å². The van der Waals surface area contributed by atoms with Crippen molar-refractivity contribution in [2.24, 2.45) is 5.73 Å². The number of pyridine rings is 1. The van der Waals surface area contributed by atoms with Crippen LogP contribution in [0.1, 0.15) is 23.0 Å². The van der Waals surface area contributed by atoms with E-state index in [9.17, 15) is 4.79 Å². The standard InChI is InChI=1S/C15H17N3O2/c1-2-20-13-5-3-4-11(8-13)10-18-12-6-7-17-14(9-12)15(16)19/h3-9H,2,10H2,1H3,(H2,16,19)(H,17,18). The first-order chi connectivity index (χ1) is 9.69. The molecule has 5 nitrogen and oxygen atoms in total. The zero-order valence-electron chi connectivity index (χ0n) is 11.3. The molecule has 1 heterocycles. The lowest BCUT2D eigenvalue weighted by Crippen LogP contribution is -2.13. The van der Waals surface area contributed by atoms with Crippen molar-refractivity contribution in [1.29, 1.82) is 0 Å². The zero-order valence-corrected chi connectivity index (χ0v) is 11.3. The fourth-order valence-corrected chi connectivity index (χ4v) is 1.79. The van der Waals surface area contributed by atoms with E-state index in [2.05, 4.69) is 10.3 Å². The summed E-state index contributed by atoms with van der Waals surface area (Å²) >= 11 is 0. The van der Waals surface area contributed by atoms with E-state index in [1.54, 1.807) is 18.3 Å². The van der Waals surface area contributed by atoms with Crippen molar-refractivity contribution in [2.45, 2.75) is 13.5 Å². The Morgan fingerprint density at radius 1 is 1.35 bits per heavy atom. The van der Waals surface area contributed by atoms with Crippen LogP contribution in [0, 0.1) is 0 Å². The summed E-state index contributed by atoms with van der Waals surface area (Å²) in [7, 11) is 0. The van der Waals surface area contributed by atoms with Crippen LogP contribution in [-0.2, 0) is 6.54 Å².